The van der Waals surface area contributed by atoms with E-state index in [0.717, 1.165) is 6.42 Å². The quantitative estimate of drug-likeness (QED) is 0.366. The van der Waals surface area contributed by atoms with Crippen molar-refractivity contribution in [1.82, 2.24) is 19.9 Å². The normalized spacial score (nSPS) is 11.1. The smallest absolute Gasteiger partial charge is 0.167 e. The molecule has 7 nitrogen and oxygen atoms in total. The Balaban J connectivity index is 1.51. The van der Waals surface area contributed by atoms with Crippen molar-refractivity contribution in [1.29, 1.82) is 0 Å². The van der Waals surface area contributed by atoms with E-state index in [-0.39, 0.29) is 24.6 Å². The molecule has 4 rings (SSSR count). The van der Waals surface area contributed by atoms with Crippen molar-refractivity contribution in [3.63, 3.8) is 0 Å². The van der Waals surface area contributed by atoms with Gasteiger partial charge in [-0.2, -0.15) is 0 Å². The van der Waals surface area contributed by atoms with Gasteiger partial charge in [0, 0.05) is 29.0 Å². The van der Waals surface area contributed by atoms with Crippen LogP contribution >= 0.6 is 0 Å². The second-order valence-corrected chi connectivity index (χ2v) is 7.25. The molecule has 0 saturated carbocycles. The Morgan fingerprint density at radius 1 is 1.09 bits per heavy atom. The van der Waals surface area contributed by atoms with Crippen LogP contribution in [0.2, 0.25) is 0 Å². The molecule has 1 N–H and O–H groups in total. The number of hydrogen-bond acceptors (Lipinski definition) is 7. The molecule has 0 aliphatic rings. The first kappa shape index (κ1) is 22.0. The number of ether oxygens (including phenoxy) is 1. The standard InChI is InChI=1S/C25H22FN5O2/c1-2-3-7-20(32)11-19-12-21-23(14-28-19)29-16-30-25(21)31-17-8-9-24(22(26)13-17)33-15-18-6-4-5-10-27-18/h3-10,12-14,16H,2,11,15H2,1H3,(H,29,30,31)/b7-3+. The lowest BCUT2D eigenvalue weighted by Crippen LogP contribution is -2.03. The maximum atomic E-state index is 14.6. The third-order valence-electron chi connectivity index (χ3n) is 4.77. The van der Waals surface area contributed by atoms with Crippen molar-refractivity contribution >= 4 is 28.2 Å². The molecule has 0 fully saturated rings. The lowest BCUT2D eigenvalue weighted by Gasteiger charge is -2.11. The van der Waals surface area contributed by atoms with E-state index in [9.17, 15) is 9.18 Å². The Morgan fingerprint density at radius 3 is 2.79 bits per heavy atom. The summed E-state index contributed by atoms with van der Waals surface area (Å²) in [6.45, 7) is 2.14. The number of allylic oxidation sites excluding steroid dienone is 2. The number of carbonyl (C=O) groups excluding carboxylic acids is 1. The van der Waals surface area contributed by atoms with E-state index in [1.54, 1.807) is 36.7 Å². The summed E-state index contributed by atoms with van der Waals surface area (Å²) in [6, 6.07) is 11.8. The first-order valence-corrected chi connectivity index (χ1v) is 10.5. The zero-order chi connectivity index (χ0) is 23.0. The van der Waals surface area contributed by atoms with Crippen molar-refractivity contribution in [3.05, 3.63) is 90.5 Å². The minimum atomic E-state index is -0.509. The van der Waals surface area contributed by atoms with Crippen molar-refractivity contribution in [3.8, 4) is 5.75 Å². The number of carbonyl (C=O) groups is 1. The highest BCUT2D eigenvalue weighted by molar-refractivity contribution is 5.93. The summed E-state index contributed by atoms with van der Waals surface area (Å²) in [7, 11) is 0. The second-order valence-electron chi connectivity index (χ2n) is 7.25. The fourth-order valence-corrected chi connectivity index (χ4v) is 3.15. The molecule has 166 valence electrons. The molecule has 4 aromatic rings. The first-order valence-electron chi connectivity index (χ1n) is 10.5. The lowest BCUT2D eigenvalue weighted by atomic mass is 10.1. The van der Waals surface area contributed by atoms with Gasteiger partial charge in [-0.1, -0.05) is 19.1 Å². The van der Waals surface area contributed by atoms with Gasteiger partial charge in [-0.05, 0) is 42.8 Å². The maximum absolute atomic E-state index is 14.6. The van der Waals surface area contributed by atoms with Crippen LogP contribution in [0.1, 0.15) is 24.7 Å². The van der Waals surface area contributed by atoms with Gasteiger partial charge in [0.25, 0.3) is 0 Å². The van der Waals surface area contributed by atoms with E-state index in [1.807, 2.05) is 31.2 Å². The zero-order valence-corrected chi connectivity index (χ0v) is 18.0. The molecule has 0 bridgehead atoms. The lowest BCUT2D eigenvalue weighted by molar-refractivity contribution is -0.114. The molecule has 0 radical (unpaired) electrons. The predicted molar refractivity (Wildman–Crippen MR) is 124 cm³/mol. The summed E-state index contributed by atoms with van der Waals surface area (Å²) in [6.07, 6.45) is 9.02. The van der Waals surface area contributed by atoms with Gasteiger partial charge in [-0.25, -0.2) is 14.4 Å². The van der Waals surface area contributed by atoms with Crippen LogP contribution in [0.15, 0.2) is 73.3 Å². The SMILES string of the molecule is CC/C=C/C(=O)Cc1cc2c(Nc3ccc(OCc4ccccn4)c(F)c3)ncnc2cn1. The number of nitrogens with one attached hydrogen (secondary N) is 1. The zero-order valence-electron chi connectivity index (χ0n) is 18.0. The fraction of sp³-hybridized carbons (Fsp3) is 0.160. The average molecular weight is 443 g/mol. The number of benzene rings is 1. The summed E-state index contributed by atoms with van der Waals surface area (Å²) in [5, 5.41) is 3.80. The first-order chi connectivity index (χ1) is 16.1. The van der Waals surface area contributed by atoms with Gasteiger partial charge in [0.05, 0.1) is 23.8 Å². The van der Waals surface area contributed by atoms with Gasteiger partial charge in [-0.3, -0.25) is 14.8 Å². The van der Waals surface area contributed by atoms with Crippen LogP contribution in [0.5, 0.6) is 5.75 Å². The third kappa shape index (κ3) is 5.74. The van der Waals surface area contributed by atoms with E-state index < -0.39 is 5.82 Å². The number of fused-ring (bicyclic) bond motifs is 1. The molecule has 0 unspecified atom stereocenters. The number of halogens is 1. The average Bonchev–Trinajstić information content (AvgIpc) is 2.83. The summed E-state index contributed by atoms with van der Waals surface area (Å²) in [5.74, 6) is 0.0778. The molecular formula is C25H22FN5O2. The Bertz CT molecular complexity index is 1290. The van der Waals surface area contributed by atoms with Crippen molar-refractivity contribution in [2.45, 2.75) is 26.4 Å². The second kappa shape index (κ2) is 10.4. The number of aromatic nitrogens is 4. The van der Waals surface area contributed by atoms with E-state index >= 15 is 0 Å². The van der Waals surface area contributed by atoms with E-state index in [1.165, 1.54) is 12.4 Å². The summed E-state index contributed by atoms with van der Waals surface area (Å²) in [4.78, 5) is 29.1. The number of pyridine rings is 2. The molecule has 0 aliphatic carbocycles. The van der Waals surface area contributed by atoms with Crippen LogP contribution in [0.4, 0.5) is 15.9 Å². The highest BCUT2D eigenvalue weighted by Crippen LogP contribution is 2.27. The maximum Gasteiger partial charge on any atom is 0.167 e. The van der Waals surface area contributed by atoms with Crippen LogP contribution in [0, 0.1) is 5.82 Å². The summed E-state index contributed by atoms with van der Waals surface area (Å²) in [5.41, 5.74) is 2.43. The molecule has 3 aromatic heterocycles. The minimum Gasteiger partial charge on any atom is -0.484 e. The minimum absolute atomic E-state index is 0.0292. The summed E-state index contributed by atoms with van der Waals surface area (Å²) >= 11 is 0. The highest BCUT2D eigenvalue weighted by Gasteiger charge is 2.11. The van der Waals surface area contributed by atoms with Gasteiger partial charge < -0.3 is 10.1 Å². The Hall–Kier alpha value is -4.20. The largest absolute Gasteiger partial charge is 0.484 e. The third-order valence-corrected chi connectivity index (χ3v) is 4.77. The van der Waals surface area contributed by atoms with E-state index in [0.29, 0.717) is 33.8 Å². The molecular weight excluding hydrogens is 421 g/mol. The topological polar surface area (TPSA) is 89.9 Å². The Morgan fingerprint density at radius 2 is 2.00 bits per heavy atom. The molecule has 8 heteroatoms. The van der Waals surface area contributed by atoms with Crippen LogP contribution < -0.4 is 10.1 Å². The Kier molecular flexibility index (Phi) is 6.94. The van der Waals surface area contributed by atoms with Crippen LogP contribution in [0.25, 0.3) is 10.9 Å². The van der Waals surface area contributed by atoms with Crippen molar-refractivity contribution in [2.24, 2.45) is 0 Å². The Labute approximate surface area is 190 Å². The number of nitrogens with zero attached hydrogens (tertiary/aromatic N) is 4. The fourth-order valence-electron chi connectivity index (χ4n) is 3.15. The number of anilines is 2. The molecule has 0 saturated heterocycles. The number of ketones is 1. The molecule has 0 atom stereocenters. The molecule has 3 heterocycles. The van der Waals surface area contributed by atoms with Gasteiger partial charge >= 0.3 is 0 Å². The molecule has 33 heavy (non-hydrogen) atoms. The molecule has 0 amide bonds. The number of rotatable bonds is 9. The van der Waals surface area contributed by atoms with E-state index in [4.69, 9.17) is 4.74 Å². The van der Waals surface area contributed by atoms with Crippen molar-refractivity contribution in [2.75, 3.05) is 5.32 Å². The van der Waals surface area contributed by atoms with Gasteiger partial charge in [-0.15, -0.1) is 0 Å². The van der Waals surface area contributed by atoms with Gasteiger partial charge in [0.2, 0.25) is 0 Å². The van der Waals surface area contributed by atoms with Gasteiger partial charge in [0.1, 0.15) is 18.8 Å². The van der Waals surface area contributed by atoms with E-state index in [2.05, 4.69) is 25.3 Å². The number of hydrogen-bond donors (Lipinski definition) is 1. The molecule has 0 aliphatic heterocycles. The molecule has 0 spiro atoms. The van der Waals surface area contributed by atoms with Crippen LogP contribution in [0.3, 0.4) is 0 Å². The van der Waals surface area contributed by atoms with Gasteiger partial charge in [0.15, 0.2) is 17.3 Å². The predicted octanol–water partition coefficient (Wildman–Crippen LogP) is 4.96. The summed E-state index contributed by atoms with van der Waals surface area (Å²) < 4.78 is 20.1. The monoisotopic (exact) mass is 443 g/mol. The van der Waals surface area contributed by atoms with Crippen LogP contribution in [-0.4, -0.2) is 25.7 Å². The molecule has 1 aromatic carbocycles. The highest BCUT2D eigenvalue weighted by atomic mass is 19.1. The van der Waals surface area contributed by atoms with Crippen molar-refractivity contribution < 1.29 is 13.9 Å². The van der Waals surface area contributed by atoms with Crippen LogP contribution in [-0.2, 0) is 17.8 Å².